The molecule has 6 nitrogen and oxygen atoms in total. The van der Waals surface area contributed by atoms with Gasteiger partial charge in [-0.1, -0.05) is 23.7 Å². The second-order valence-electron chi connectivity index (χ2n) is 6.81. The lowest BCUT2D eigenvalue weighted by atomic mass is 10.1. The molecule has 1 N–H and O–H groups in total. The van der Waals surface area contributed by atoms with Gasteiger partial charge in [-0.25, -0.2) is 9.88 Å². The number of amides is 3. The SMILES string of the molecule is Cc1ccc(C)c(N2C(=O)c3ccc(C(=O)Nc4ccc(Cl)cn4)cc3C2=O)c1. The molecule has 3 aromatic rings. The van der Waals surface area contributed by atoms with Gasteiger partial charge in [0.25, 0.3) is 17.7 Å². The van der Waals surface area contributed by atoms with Gasteiger partial charge in [0.2, 0.25) is 0 Å². The van der Waals surface area contributed by atoms with Crippen LogP contribution >= 0.6 is 11.6 Å². The number of rotatable bonds is 3. The highest BCUT2D eigenvalue weighted by Crippen LogP contribution is 2.31. The Morgan fingerprint density at radius 1 is 0.966 bits per heavy atom. The average molecular weight is 406 g/mol. The summed E-state index contributed by atoms with van der Waals surface area (Å²) in [5, 5.41) is 3.10. The number of benzene rings is 2. The standard InChI is InChI=1S/C22H16ClN3O3/c1-12-3-4-13(2)18(9-12)26-21(28)16-7-5-14(10-17(16)22(26)29)20(27)25-19-8-6-15(23)11-24-19/h3-11H,1-2H3,(H,24,25,27). The molecule has 0 radical (unpaired) electrons. The van der Waals surface area contributed by atoms with Crippen LogP contribution in [0, 0.1) is 13.8 Å². The fraction of sp³-hybridized carbons (Fsp3) is 0.0909. The van der Waals surface area contributed by atoms with Gasteiger partial charge in [-0.15, -0.1) is 0 Å². The number of pyridine rings is 1. The number of carbonyl (C=O) groups is 3. The molecule has 29 heavy (non-hydrogen) atoms. The predicted octanol–water partition coefficient (Wildman–Crippen LogP) is 4.40. The normalized spacial score (nSPS) is 12.9. The number of hydrogen-bond acceptors (Lipinski definition) is 4. The minimum Gasteiger partial charge on any atom is -0.307 e. The molecule has 2 heterocycles. The van der Waals surface area contributed by atoms with Gasteiger partial charge < -0.3 is 5.32 Å². The first kappa shape index (κ1) is 18.8. The van der Waals surface area contributed by atoms with Crippen molar-refractivity contribution in [2.45, 2.75) is 13.8 Å². The van der Waals surface area contributed by atoms with Crippen LogP contribution in [0.15, 0.2) is 54.7 Å². The summed E-state index contributed by atoms with van der Waals surface area (Å²) in [6, 6.07) is 13.2. The van der Waals surface area contributed by atoms with Crippen LogP contribution in [0.5, 0.6) is 0 Å². The van der Waals surface area contributed by atoms with E-state index >= 15 is 0 Å². The number of aryl methyl sites for hydroxylation is 2. The number of aromatic nitrogens is 1. The maximum atomic E-state index is 13.0. The van der Waals surface area contributed by atoms with Crippen LogP contribution in [0.4, 0.5) is 11.5 Å². The molecule has 3 amide bonds. The van der Waals surface area contributed by atoms with Crippen molar-refractivity contribution >= 4 is 40.8 Å². The summed E-state index contributed by atoms with van der Waals surface area (Å²) >= 11 is 5.79. The molecule has 7 heteroatoms. The van der Waals surface area contributed by atoms with Crippen molar-refractivity contribution in [3.63, 3.8) is 0 Å². The number of imide groups is 1. The van der Waals surface area contributed by atoms with E-state index < -0.39 is 17.7 Å². The molecule has 1 aromatic heterocycles. The Morgan fingerprint density at radius 2 is 1.72 bits per heavy atom. The molecule has 0 atom stereocenters. The molecule has 144 valence electrons. The predicted molar refractivity (Wildman–Crippen MR) is 111 cm³/mol. The van der Waals surface area contributed by atoms with Crippen molar-refractivity contribution < 1.29 is 14.4 Å². The first-order chi connectivity index (χ1) is 13.8. The topological polar surface area (TPSA) is 79.4 Å². The van der Waals surface area contributed by atoms with Crippen molar-refractivity contribution in [1.82, 2.24) is 4.98 Å². The van der Waals surface area contributed by atoms with Gasteiger partial charge in [0, 0.05) is 11.8 Å². The van der Waals surface area contributed by atoms with Gasteiger partial charge in [0.1, 0.15) is 5.82 Å². The summed E-state index contributed by atoms with van der Waals surface area (Å²) in [5.41, 5.74) is 3.04. The molecule has 0 spiro atoms. The van der Waals surface area contributed by atoms with E-state index in [1.807, 2.05) is 26.0 Å². The second-order valence-corrected chi connectivity index (χ2v) is 7.25. The molecule has 0 bridgehead atoms. The van der Waals surface area contributed by atoms with Crippen LogP contribution < -0.4 is 10.2 Å². The van der Waals surface area contributed by atoms with Crippen molar-refractivity contribution in [1.29, 1.82) is 0 Å². The van der Waals surface area contributed by atoms with Crippen molar-refractivity contribution in [2.24, 2.45) is 0 Å². The Kier molecular flexibility index (Phi) is 4.64. The zero-order valence-electron chi connectivity index (χ0n) is 15.7. The van der Waals surface area contributed by atoms with Crippen molar-refractivity contribution in [3.05, 3.63) is 87.6 Å². The molecule has 1 aliphatic heterocycles. The lowest BCUT2D eigenvalue weighted by molar-refractivity contribution is 0.0925. The number of hydrogen-bond donors (Lipinski definition) is 1. The number of halogens is 1. The summed E-state index contributed by atoms with van der Waals surface area (Å²) < 4.78 is 0. The third kappa shape index (κ3) is 3.39. The summed E-state index contributed by atoms with van der Waals surface area (Å²) in [5.74, 6) is -0.949. The van der Waals surface area contributed by atoms with Crippen LogP contribution in [-0.2, 0) is 0 Å². The highest BCUT2D eigenvalue weighted by molar-refractivity contribution is 6.35. The van der Waals surface area contributed by atoms with Gasteiger partial charge >= 0.3 is 0 Å². The summed E-state index contributed by atoms with van der Waals surface area (Å²) in [7, 11) is 0. The number of nitrogens with one attached hydrogen (secondary N) is 1. The van der Waals surface area contributed by atoms with Crippen LogP contribution in [0.2, 0.25) is 5.02 Å². The molecule has 1 aliphatic rings. The van der Waals surface area contributed by atoms with Crippen molar-refractivity contribution in [2.75, 3.05) is 10.2 Å². The highest BCUT2D eigenvalue weighted by atomic mass is 35.5. The van der Waals surface area contributed by atoms with Gasteiger partial charge in [-0.05, 0) is 61.4 Å². The Bertz CT molecular complexity index is 1170. The molecule has 2 aromatic carbocycles. The lowest BCUT2D eigenvalue weighted by Gasteiger charge is -2.17. The third-order valence-corrected chi connectivity index (χ3v) is 4.95. The number of fused-ring (bicyclic) bond motifs is 1. The minimum absolute atomic E-state index is 0.202. The molecular weight excluding hydrogens is 390 g/mol. The van der Waals surface area contributed by atoms with Crippen LogP contribution in [0.25, 0.3) is 0 Å². The summed E-state index contributed by atoms with van der Waals surface area (Å²) in [6.07, 6.45) is 1.42. The second kappa shape index (κ2) is 7.14. The van der Waals surface area contributed by atoms with E-state index in [0.717, 1.165) is 16.0 Å². The van der Waals surface area contributed by atoms with Gasteiger partial charge in [-0.2, -0.15) is 0 Å². The zero-order valence-corrected chi connectivity index (χ0v) is 16.4. The number of carbonyl (C=O) groups excluding carboxylic acids is 3. The number of nitrogens with zero attached hydrogens (tertiary/aromatic N) is 2. The average Bonchev–Trinajstić information content (AvgIpc) is 2.95. The van der Waals surface area contributed by atoms with E-state index in [2.05, 4.69) is 10.3 Å². The quantitative estimate of drug-likeness (QED) is 0.655. The molecule has 0 aliphatic carbocycles. The number of anilines is 2. The van der Waals surface area contributed by atoms with E-state index in [-0.39, 0.29) is 16.7 Å². The minimum atomic E-state index is -0.446. The van der Waals surface area contributed by atoms with Crippen molar-refractivity contribution in [3.8, 4) is 0 Å². The molecule has 0 saturated heterocycles. The molecule has 0 saturated carbocycles. The Labute approximate surface area is 172 Å². The van der Waals surface area contributed by atoms with Crippen LogP contribution in [0.1, 0.15) is 42.2 Å². The summed E-state index contributed by atoms with van der Waals surface area (Å²) in [6.45, 7) is 3.74. The summed E-state index contributed by atoms with van der Waals surface area (Å²) in [4.78, 5) is 43.6. The van der Waals surface area contributed by atoms with E-state index in [4.69, 9.17) is 11.6 Å². The third-order valence-electron chi connectivity index (χ3n) is 4.72. The van der Waals surface area contributed by atoms with Crippen LogP contribution in [0.3, 0.4) is 0 Å². The van der Waals surface area contributed by atoms with Crippen LogP contribution in [-0.4, -0.2) is 22.7 Å². The maximum absolute atomic E-state index is 13.0. The van der Waals surface area contributed by atoms with E-state index in [1.54, 1.807) is 18.2 Å². The molecule has 0 fully saturated rings. The zero-order chi connectivity index (χ0) is 20.7. The highest BCUT2D eigenvalue weighted by Gasteiger charge is 2.37. The van der Waals surface area contributed by atoms with E-state index in [0.29, 0.717) is 16.5 Å². The fourth-order valence-electron chi connectivity index (χ4n) is 3.20. The monoisotopic (exact) mass is 405 g/mol. The maximum Gasteiger partial charge on any atom is 0.266 e. The first-order valence-electron chi connectivity index (χ1n) is 8.88. The van der Waals surface area contributed by atoms with E-state index in [1.165, 1.54) is 24.4 Å². The van der Waals surface area contributed by atoms with Gasteiger partial charge in [-0.3, -0.25) is 14.4 Å². The molecule has 0 unspecified atom stereocenters. The molecular formula is C22H16ClN3O3. The Hall–Kier alpha value is -3.51. The molecule has 4 rings (SSSR count). The van der Waals surface area contributed by atoms with E-state index in [9.17, 15) is 14.4 Å². The Balaban J connectivity index is 1.65. The Morgan fingerprint density at radius 3 is 2.45 bits per heavy atom. The lowest BCUT2D eigenvalue weighted by Crippen LogP contribution is -2.30. The largest absolute Gasteiger partial charge is 0.307 e. The van der Waals surface area contributed by atoms with Gasteiger partial charge in [0.15, 0.2) is 0 Å². The first-order valence-corrected chi connectivity index (χ1v) is 9.26. The van der Waals surface area contributed by atoms with Gasteiger partial charge in [0.05, 0.1) is 21.8 Å². The fourth-order valence-corrected chi connectivity index (χ4v) is 3.31. The smallest absolute Gasteiger partial charge is 0.266 e.